The molecular weight excluding hydrogens is 482 g/mol. The van der Waals surface area contributed by atoms with E-state index in [0.29, 0.717) is 6.42 Å². The Morgan fingerprint density at radius 2 is 1.49 bits per heavy atom. The number of nitrogens with zero attached hydrogens (tertiary/aromatic N) is 1. The first-order chi connectivity index (χ1) is 18.7. The lowest BCUT2D eigenvalue weighted by Crippen LogP contribution is -2.12. The van der Waals surface area contributed by atoms with Crippen molar-refractivity contribution in [2.45, 2.75) is 45.4 Å². The topological polar surface area (TPSA) is 63.3 Å². The smallest absolute Gasteiger partial charge is 0.335 e. The summed E-state index contributed by atoms with van der Waals surface area (Å²) >= 11 is 0. The zero-order valence-electron chi connectivity index (χ0n) is 22.8. The second-order valence-corrected chi connectivity index (χ2v) is 11.2. The molecule has 5 aromatic rings. The van der Waals surface area contributed by atoms with Crippen molar-refractivity contribution in [3.63, 3.8) is 0 Å². The summed E-state index contributed by atoms with van der Waals surface area (Å²) in [4.78, 5) is 11.3. The highest BCUT2D eigenvalue weighted by molar-refractivity contribution is 5.87. The van der Waals surface area contributed by atoms with E-state index in [9.17, 15) is 9.90 Å². The molecule has 0 bridgehead atoms. The third kappa shape index (κ3) is 6.01. The Bertz CT molecular complexity index is 1570. The minimum Gasteiger partial charge on any atom is -0.478 e. The van der Waals surface area contributed by atoms with E-state index in [1.165, 1.54) is 11.1 Å². The molecule has 0 saturated carbocycles. The molecular formula is C35H33NO3. The van der Waals surface area contributed by atoms with E-state index >= 15 is 0 Å². The molecule has 0 saturated heterocycles. The predicted octanol–water partition coefficient (Wildman–Crippen LogP) is 8.69. The van der Waals surface area contributed by atoms with E-state index < -0.39 is 5.97 Å². The third-order valence-electron chi connectivity index (χ3n) is 7.24. The molecule has 1 atom stereocenters. The SMILES string of the molecule is Cc1ccc(-c2cccc(-c3cc([C@H](Cc4ccc(C(=O)O)cc4)c4ccc(C(C)(C)C)cc4)no3)c2)cc1. The minimum absolute atomic E-state index is 0.0486. The number of hydrogen-bond donors (Lipinski definition) is 1. The maximum atomic E-state index is 11.3. The number of aryl methyl sites for hydroxylation is 1. The van der Waals surface area contributed by atoms with Gasteiger partial charge in [0.1, 0.15) is 0 Å². The molecule has 196 valence electrons. The number of aromatic carboxylic acids is 1. The lowest BCUT2D eigenvalue weighted by atomic mass is 9.83. The minimum atomic E-state index is -0.926. The number of aromatic nitrogens is 1. The molecule has 4 heteroatoms. The van der Waals surface area contributed by atoms with Crippen LogP contribution in [-0.4, -0.2) is 16.2 Å². The van der Waals surface area contributed by atoms with Gasteiger partial charge < -0.3 is 9.63 Å². The largest absolute Gasteiger partial charge is 0.478 e. The second kappa shape index (κ2) is 10.7. The number of benzene rings is 4. The van der Waals surface area contributed by atoms with Crippen LogP contribution in [0.2, 0.25) is 0 Å². The number of carboxylic acids is 1. The first-order valence-corrected chi connectivity index (χ1v) is 13.2. The van der Waals surface area contributed by atoms with Crippen LogP contribution in [0.15, 0.2) is 108 Å². The molecule has 4 nitrogen and oxygen atoms in total. The van der Waals surface area contributed by atoms with Gasteiger partial charge in [0.05, 0.1) is 11.3 Å². The van der Waals surface area contributed by atoms with Crippen LogP contribution in [-0.2, 0) is 11.8 Å². The van der Waals surface area contributed by atoms with Gasteiger partial charge in [-0.25, -0.2) is 4.79 Å². The van der Waals surface area contributed by atoms with Gasteiger partial charge in [0.2, 0.25) is 0 Å². The van der Waals surface area contributed by atoms with E-state index in [0.717, 1.165) is 39.3 Å². The number of hydrogen-bond acceptors (Lipinski definition) is 3. The molecule has 0 spiro atoms. The van der Waals surface area contributed by atoms with E-state index in [1.807, 2.05) is 30.3 Å². The number of carboxylic acid groups (broad SMARTS) is 1. The van der Waals surface area contributed by atoms with Crippen molar-refractivity contribution < 1.29 is 14.4 Å². The Morgan fingerprint density at radius 3 is 2.13 bits per heavy atom. The molecule has 0 aliphatic carbocycles. The van der Waals surface area contributed by atoms with Crippen molar-refractivity contribution in [1.82, 2.24) is 5.16 Å². The molecule has 4 aromatic carbocycles. The van der Waals surface area contributed by atoms with E-state index in [4.69, 9.17) is 4.52 Å². The van der Waals surface area contributed by atoms with E-state index in [1.54, 1.807) is 12.1 Å². The average Bonchev–Trinajstić information content (AvgIpc) is 3.42. The normalized spacial score (nSPS) is 12.3. The summed E-state index contributed by atoms with van der Waals surface area (Å²) in [5, 5.41) is 13.8. The monoisotopic (exact) mass is 515 g/mol. The van der Waals surface area contributed by atoms with Gasteiger partial charge in [-0.3, -0.25) is 0 Å². The van der Waals surface area contributed by atoms with Crippen molar-refractivity contribution in [2.24, 2.45) is 0 Å². The van der Waals surface area contributed by atoms with Crippen LogP contribution in [0.3, 0.4) is 0 Å². The molecule has 0 unspecified atom stereocenters. The molecule has 1 N–H and O–H groups in total. The third-order valence-corrected chi connectivity index (χ3v) is 7.24. The maximum absolute atomic E-state index is 11.3. The van der Waals surface area contributed by atoms with Gasteiger partial charge >= 0.3 is 5.97 Å². The highest BCUT2D eigenvalue weighted by atomic mass is 16.5. The molecule has 0 aliphatic heterocycles. The maximum Gasteiger partial charge on any atom is 0.335 e. The summed E-state index contributed by atoms with van der Waals surface area (Å²) < 4.78 is 5.90. The highest BCUT2D eigenvalue weighted by Crippen LogP contribution is 2.34. The second-order valence-electron chi connectivity index (χ2n) is 11.2. The lowest BCUT2D eigenvalue weighted by molar-refractivity contribution is 0.0697. The highest BCUT2D eigenvalue weighted by Gasteiger charge is 2.22. The molecule has 0 radical (unpaired) electrons. The Balaban J connectivity index is 1.49. The van der Waals surface area contributed by atoms with Crippen molar-refractivity contribution in [3.8, 4) is 22.5 Å². The van der Waals surface area contributed by atoms with Gasteiger partial charge in [0.25, 0.3) is 0 Å². The summed E-state index contributed by atoms with van der Waals surface area (Å²) in [6.07, 6.45) is 0.671. The average molecular weight is 516 g/mol. The van der Waals surface area contributed by atoms with Crippen LogP contribution in [0.4, 0.5) is 0 Å². The van der Waals surface area contributed by atoms with Gasteiger partial charge in [-0.2, -0.15) is 0 Å². The van der Waals surface area contributed by atoms with Crippen molar-refractivity contribution >= 4 is 5.97 Å². The fourth-order valence-electron chi connectivity index (χ4n) is 4.81. The summed E-state index contributed by atoms with van der Waals surface area (Å²) in [7, 11) is 0. The Hall–Kier alpha value is -4.44. The zero-order chi connectivity index (χ0) is 27.6. The fourth-order valence-corrected chi connectivity index (χ4v) is 4.81. The predicted molar refractivity (Wildman–Crippen MR) is 156 cm³/mol. The Kier molecular flexibility index (Phi) is 7.21. The fraction of sp³-hybridized carbons (Fsp3) is 0.200. The summed E-state index contributed by atoms with van der Waals surface area (Å²) in [6.45, 7) is 8.71. The first-order valence-electron chi connectivity index (χ1n) is 13.2. The van der Waals surface area contributed by atoms with E-state index in [2.05, 4.69) is 93.5 Å². The zero-order valence-corrected chi connectivity index (χ0v) is 22.8. The lowest BCUT2D eigenvalue weighted by Gasteiger charge is -2.21. The molecule has 5 rings (SSSR count). The molecule has 1 aromatic heterocycles. The van der Waals surface area contributed by atoms with Crippen LogP contribution in [0, 0.1) is 6.92 Å². The molecule has 0 amide bonds. The van der Waals surface area contributed by atoms with Gasteiger partial charge in [0, 0.05) is 17.5 Å². The first kappa shape index (κ1) is 26.2. The molecule has 0 fully saturated rings. The molecule has 1 heterocycles. The number of carbonyl (C=O) groups is 1. The van der Waals surface area contributed by atoms with Crippen LogP contribution in [0.1, 0.15) is 65.0 Å². The summed E-state index contributed by atoms with van der Waals surface area (Å²) in [6, 6.07) is 34.6. The number of rotatable bonds is 7. The van der Waals surface area contributed by atoms with E-state index in [-0.39, 0.29) is 16.9 Å². The Morgan fingerprint density at radius 1 is 0.821 bits per heavy atom. The molecule has 0 aliphatic rings. The van der Waals surface area contributed by atoms with Crippen LogP contribution in [0.5, 0.6) is 0 Å². The van der Waals surface area contributed by atoms with Gasteiger partial charge in [-0.1, -0.05) is 110 Å². The van der Waals surface area contributed by atoms with Crippen LogP contribution >= 0.6 is 0 Å². The van der Waals surface area contributed by atoms with Crippen molar-refractivity contribution in [2.75, 3.05) is 0 Å². The van der Waals surface area contributed by atoms with Crippen molar-refractivity contribution in [1.29, 1.82) is 0 Å². The van der Waals surface area contributed by atoms with Crippen LogP contribution < -0.4 is 0 Å². The van der Waals surface area contributed by atoms with Crippen LogP contribution in [0.25, 0.3) is 22.5 Å². The summed E-state index contributed by atoms with van der Waals surface area (Å²) in [5.41, 5.74) is 9.11. The van der Waals surface area contributed by atoms with Gasteiger partial charge in [0.15, 0.2) is 5.76 Å². The standard InChI is InChI=1S/C35H33NO3/c1-23-8-12-25(13-9-23)28-6-5-7-29(21-28)33-22-32(36-39-33)31(20-24-10-14-27(15-11-24)34(37)38)26-16-18-30(19-17-26)35(2,3)4/h5-19,21-22,31H,20H2,1-4H3,(H,37,38)/t31-/m1/s1. The van der Waals surface area contributed by atoms with Gasteiger partial charge in [-0.05, 0) is 64.8 Å². The Labute approximate surface area is 230 Å². The summed E-state index contributed by atoms with van der Waals surface area (Å²) in [5.74, 6) is -0.256. The quantitative estimate of drug-likeness (QED) is 0.235. The van der Waals surface area contributed by atoms with Gasteiger partial charge in [-0.15, -0.1) is 0 Å². The van der Waals surface area contributed by atoms with Crippen molar-refractivity contribution in [3.05, 3.63) is 137 Å². The molecule has 39 heavy (non-hydrogen) atoms.